The van der Waals surface area contributed by atoms with Gasteiger partial charge < -0.3 is 4.74 Å². The minimum atomic E-state index is -0.227. The monoisotopic (exact) mass is 286 g/mol. The third kappa shape index (κ3) is 2.43. The number of hydrogen-bond donors (Lipinski definition) is 0. The molecule has 0 N–H and O–H groups in total. The van der Waals surface area contributed by atoms with E-state index in [0.29, 0.717) is 5.92 Å². The molecule has 1 heterocycles. The van der Waals surface area contributed by atoms with Crippen LogP contribution in [0.15, 0.2) is 59.4 Å². The Labute approximate surface area is 125 Å². The topological polar surface area (TPSA) is 9.23 Å². The van der Waals surface area contributed by atoms with E-state index in [9.17, 15) is 0 Å². The first-order valence-electron chi connectivity index (χ1n) is 7.01. The van der Waals surface area contributed by atoms with Gasteiger partial charge in [-0.15, -0.1) is 0 Å². The molecule has 20 heavy (non-hydrogen) atoms. The van der Waals surface area contributed by atoms with Crippen LogP contribution in [-0.4, -0.2) is 5.60 Å². The van der Waals surface area contributed by atoms with Crippen molar-refractivity contribution in [1.82, 2.24) is 0 Å². The maximum absolute atomic E-state index is 6.11. The van der Waals surface area contributed by atoms with Gasteiger partial charge in [0.25, 0.3) is 0 Å². The third-order valence-corrected chi connectivity index (χ3v) is 4.14. The highest BCUT2D eigenvalue weighted by Crippen LogP contribution is 2.43. The molecule has 0 spiro atoms. The van der Waals surface area contributed by atoms with Crippen LogP contribution in [0.3, 0.4) is 0 Å². The minimum Gasteiger partial charge on any atom is -0.483 e. The van der Waals surface area contributed by atoms with E-state index < -0.39 is 0 Å². The second-order valence-electron chi connectivity index (χ2n) is 6.05. The van der Waals surface area contributed by atoms with Crippen LogP contribution in [-0.2, 0) is 4.74 Å². The fourth-order valence-corrected chi connectivity index (χ4v) is 3.28. The fourth-order valence-electron chi connectivity index (χ4n) is 3.16. The van der Waals surface area contributed by atoms with Crippen LogP contribution in [0.1, 0.15) is 38.7 Å². The van der Waals surface area contributed by atoms with Crippen LogP contribution in [0.25, 0.3) is 0 Å². The van der Waals surface area contributed by atoms with E-state index in [1.165, 1.54) is 16.7 Å². The maximum Gasteiger partial charge on any atom is 0.124 e. The van der Waals surface area contributed by atoms with Gasteiger partial charge in [-0.05, 0) is 62.6 Å². The Morgan fingerprint density at radius 3 is 2.60 bits per heavy atom. The Bertz CT molecular complexity index is 617. The summed E-state index contributed by atoms with van der Waals surface area (Å²) in [5, 5.41) is 0.780. The molecule has 0 radical (unpaired) electrons. The van der Waals surface area contributed by atoms with Gasteiger partial charge in [0.2, 0.25) is 0 Å². The molecular formula is C18H19ClO. The van der Waals surface area contributed by atoms with Gasteiger partial charge in [-0.1, -0.05) is 29.8 Å². The predicted molar refractivity (Wildman–Crippen MR) is 83.9 cm³/mol. The summed E-state index contributed by atoms with van der Waals surface area (Å²) in [6, 6.07) is 8.15. The van der Waals surface area contributed by atoms with Crippen molar-refractivity contribution >= 4 is 11.6 Å². The summed E-state index contributed by atoms with van der Waals surface area (Å²) in [4.78, 5) is 0. The maximum atomic E-state index is 6.11. The summed E-state index contributed by atoms with van der Waals surface area (Å²) in [7, 11) is 0. The summed E-state index contributed by atoms with van der Waals surface area (Å²) >= 11 is 5.99. The second-order valence-corrected chi connectivity index (χ2v) is 6.49. The van der Waals surface area contributed by atoms with E-state index in [0.717, 1.165) is 17.2 Å². The zero-order valence-corrected chi connectivity index (χ0v) is 12.9. The smallest absolute Gasteiger partial charge is 0.124 e. The fraction of sp³-hybridized carbons (Fsp3) is 0.333. The molecular weight excluding hydrogens is 268 g/mol. The van der Waals surface area contributed by atoms with Gasteiger partial charge in [0.1, 0.15) is 11.4 Å². The van der Waals surface area contributed by atoms with E-state index in [1.54, 1.807) is 0 Å². The molecule has 1 nitrogen and oxygen atoms in total. The Morgan fingerprint density at radius 1 is 1.20 bits per heavy atom. The van der Waals surface area contributed by atoms with Gasteiger partial charge in [-0.2, -0.15) is 0 Å². The first-order chi connectivity index (χ1) is 9.46. The number of hydrogen-bond acceptors (Lipinski definition) is 1. The molecule has 1 aliphatic heterocycles. The number of allylic oxidation sites excluding steroid dienone is 4. The lowest BCUT2D eigenvalue weighted by molar-refractivity contribution is 0.0777. The number of ether oxygens (including phenoxy) is 1. The highest BCUT2D eigenvalue weighted by molar-refractivity contribution is 6.30. The van der Waals surface area contributed by atoms with Gasteiger partial charge in [-0.3, -0.25) is 0 Å². The lowest BCUT2D eigenvalue weighted by atomic mass is 9.79. The van der Waals surface area contributed by atoms with E-state index >= 15 is 0 Å². The number of benzene rings is 1. The molecule has 1 aliphatic carbocycles. The van der Waals surface area contributed by atoms with E-state index in [4.69, 9.17) is 16.3 Å². The second kappa shape index (κ2) is 4.82. The van der Waals surface area contributed by atoms with Crippen LogP contribution in [0.4, 0.5) is 0 Å². The molecule has 0 saturated carbocycles. The number of halogens is 1. The molecule has 0 bridgehead atoms. The van der Waals surface area contributed by atoms with Crippen molar-refractivity contribution in [1.29, 1.82) is 0 Å². The Balaban J connectivity index is 2.03. The lowest BCUT2D eigenvalue weighted by Crippen LogP contribution is -2.28. The molecule has 2 aliphatic rings. The minimum absolute atomic E-state index is 0.227. The normalized spacial score (nSPS) is 24.0. The first-order valence-corrected chi connectivity index (χ1v) is 7.39. The highest BCUT2D eigenvalue weighted by Gasteiger charge is 2.31. The summed E-state index contributed by atoms with van der Waals surface area (Å²) in [6.45, 7) is 6.38. The molecule has 1 aromatic rings. The van der Waals surface area contributed by atoms with Gasteiger partial charge >= 0.3 is 0 Å². The van der Waals surface area contributed by atoms with Crippen LogP contribution in [0, 0.1) is 0 Å². The zero-order valence-electron chi connectivity index (χ0n) is 12.1. The predicted octanol–water partition coefficient (Wildman–Crippen LogP) is 5.39. The molecule has 1 atom stereocenters. The Morgan fingerprint density at radius 2 is 1.90 bits per heavy atom. The summed E-state index contributed by atoms with van der Waals surface area (Å²) in [6.07, 6.45) is 7.54. The highest BCUT2D eigenvalue weighted by atomic mass is 35.5. The van der Waals surface area contributed by atoms with E-state index in [2.05, 4.69) is 51.1 Å². The van der Waals surface area contributed by atoms with Gasteiger partial charge in [0, 0.05) is 16.5 Å². The molecule has 3 rings (SSSR count). The van der Waals surface area contributed by atoms with E-state index in [1.807, 2.05) is 12.1 Å². The summed E-state index contributed by atoms with van der Waals surface area (Å²) in [5.74, 6) is 1.38. The van der Waals surface area contributed by atoms with Crippen molar-refractivity contribution in [3.63, 3.8) is 0 Å². The van der Waals surface area contributed by atoms with Crippen molar-refractivity contribution in [3.05, 3.63) is 70.0 Å². The van der Waals surface area contributed by atoms with Crippen molar-refractivity contribution in [2.24, 2.45) is 0 Å². The standard InChI is InChI=1S/C18H19ClO/c1-12-11-18(2,3)20-16-6-4-5-15(17(12)16)13-7-9-14(19)10-8-13/h4,6-11,15H,5H2,1-3H3/t15-/m1/s1. The Kier molecular flexibility index (Phi) is 3.25. The first kappa shape index (κ1) is 13.5. The quantitative estimate of drug-likeness (QED) is 0.672. The van der Waals surface area contributed by atoms with Crippen molar-refractivity contribution < 1.29 is 4.74 Å². The lowest BCUT2D eigenvalue weighted by Gasteiger charge is -2.36. The third-order valence-electron chi connectivity index (χ3n) is 3.89. The molecule has 0 unspecified atom stereocenters. The Hall–Kier alpha value is -1.47. The molecule has 0 amide bonds. The molecule has 104 valence electrons. The van der Waals surface area contributed by atoms with Crippen molar-refractivity contribution in [3.8, 4) is 0 Å². The molecule has 0 fully saturated rings. The average Bonchev–Trinajstić information content (AvgIpc) is 2.37. The molecule has 1 aromatic carbocycles. The summed E-state index contributed by atoms with van der Waals surface area (Å²) in [5.41, 5.74) is 3.70. The van der Waals surface area contributed by atoms with Crippen LogP contribution in [0.2, 0.25) is 5.02 Å². The molecule has 2 heteroatoms. The van der Waals surface area contributed by atoms with E-state index in [-0.39, 0.29) is 5.60 Å². The van der Waals surface area contributed by atoms with Crippen LogP contribution in [0.5, 0.6) is 0 Å². The zero-order chi connectivity index (χ0) is 14.3. The molecule has 0 saturated heterocycles. The van der Waals surface area contributed by atoms with Crippen LogP contribution >= 0.6 is 11.6 Å². The number of rotatable bonds is 1. The van der Waals surface area contributed by atoms with Gasteiger partial charge in [0.05, 0.1) is 0 Å². The van der Waals surface area contributed by atoms with Crippen LogP contribution < -0.4 is 0 Å². The summed E-state index contributed by atoms with van der Waals surface area (Å²) < 4.78 is 6.11. The molecule has 0 aromatic heterocycles. The largest absolute Gasteiger partial charge is 0.483 e. The SMILES string of the molecule is CC1=CC(C)(C)OC2=C1[C@@H](c1ccc(Cl)cc1)CC=C2. The van der Waals surface area contributed by atoms with Crippen molar-refractivity contribution in [2.75, 3.05) is 0 Å². The van der Waals surface area contributed by atoms with Crippen molar-refractivity contribution in [2.45, 2.75) is 38.7 Å². The van der Waals surface area contributed by atoms with Gasteiger partial charge in [-0.25, -0.2) is 0 Å². The average molecular weight is 287 g/mol. The van der Waals surface area contributed by atoms with Gasteiger partial charge in [0.15, 0.2) is 0 Å².